The average molecular weight is 328 g/mol. The third-order valence-electron chi connectivity index (χ3n) is 3.25. The van der Waals surface area contributed by atoms with Crippen LogP contribution in [0.3, 0.4) is 0 Å². The second-order valence-electron chi connectivity index (χ2n) is 4.80. The van der Waals surface area contributed by atoms with Crippen LogP contribution in [0.1, 0.15) is 17.3 Å². The van der Waals surface area contributed by atoms with Crippen molar-refractivity contribution in [3.8, 4) is 11.5 Å². The Morgan fingerprint density at radius 2 is 1.91 bits per heavy atom. The first kappa shape index (κ1) is 15.3. The van der Waals surface area contributed by atoms with Crippen molar-refractivity contribution in [2.75, 3.05) is 6.61 Å². The minimum Gasteiger partial charge on any atom is -0.462 e. The summed E-state index contributed by atoms with van der Waals surface area (Å²) in [7, 11) is 0. The van der Waals surface area contributed by atoms with Gasteiger partial charge in [0.2, 0.25) is 0 Å². The van der Waals surface area contributed by atoms with E-state index >= 15 is 0 Å². The number of carbonyl (C=O) groups is 1. The van der Waals surface area contributed by atoms with Crippen LogP contribution >= 0.6 is 11.6 Å². The molecule has 0 N–H and O–H groups in total. The van der Waals surface area contributed by atoms with Gasteiger partial charge in [0.25, 0.3) is 0 Å². The molecular formula is C18H14ClNO3. The normalized spacial score (nSPS) is 10.5. The molecule has 0 saturated heterocycles. The number of ether oxygens (including phenoxy) is 2. The molecule has 116 valence electrons. The number of pyridine rings is 1. The molecule has 1 heterocycles. The summed E-state index contributed by atoms with van der Waals surface area (Å²) in [6, 6.07) is 14.8. The van der Waals surface area contributed by atoms with Gasteiger partial charge in [-0.15, -0.1) is 0 Å². The number of hydrogen-bond acceptors (Lipinski definition) is 4. The van der Waals surface area contributed by atoms with Gasteiger partial charge in [-0.05, 0) is 37.3 Å². The van der Waals surface area contributed by atoms with Crippen molar-refractivity contribution in [2.45, 2.75) is 6.92 Å². The minimum absolute atomic E-state index is 0.248. The lowest BCUT2D eigenvalue weighted by Crippen LogP contribution is -2.06. The van der Waals surface area contributed by atoms with Gasteiger partial charge in [-0.25, -0.2) is 4.79 Å². The molecule has 0 radical (unpaired) electrons. The minimum atomic E-state index is -0.485. The Morgan fingerprint density at radius 1 is 1.13 bits per heavy atom. The number of rotatable bonds is 4. The van der Waals surface area contributed by atoms with Crippen LogP contribution in [-0.4, -0.2) is 17.6 Å². The number of nitrogens with zero attached hydrogens (tertiary/aromatic N) is 1. The van der Waals surface area contributed by atoms with E-state index in [1.807, 2.05) is 36.4 Å². The topological polar surface area (TPSA) is 48.4 Å². The highest BCUT2D eigenvalue weighted by molar-refractivity contribution is 6.38. The first-order chi connectivity index (χ1) is 11.2. The molecule has 0 saturated carbocycles. The molecule has 23 heavy (non-hydrogen) atoms. The third-order valence-corrected chi connectivity index (χ3v) is 3.66. The van der Waals surface area contributed by atoms with Crippen LogP contribution in [-0.2, 0) is 4.74 Å². The molecule has 0 spiro atoms. The molecule has 0 bridgehead atoms. The molecule has 0 aliphatic carbocycles. The fourth-order valence-corrected chi connectivity index (χ4v) is 2.46. The SMILES string of the molecule is CCOC(=O)c1cnc2ccc(Oc3ccccc3)cc2c1Cl. The highest BCUT2D eigenvalue weighted by atomic mass is 35.5. The molecule has 3 aromatic rings. The lowest BCUT2D eigenvalue weighted by molar-refractivity contribution is 0.0526. The lowest BCUT2D eigenvalue weighted by Gasteiger charge is -2.09. The van der Waals surface area contributed by atoms with E-state index in [0.29, 0.717) is 21.7 Å². The molecule has 5 heteroatoms. The first-order valence-electron chi connectivity index (χ1n) is 7.17. The molecule has 0 fully saturated rings. The maximum atomic E-state index is 11.9. The molecular weight excluding hydrogens is 314 g/mol. The van der Waals surface area contributed by atoms with E-state index in [-0.39, 0.29) is 12.2 Å². The van der Waals surface area contributed by atoms with E-state index in [2.05, 4.69) is 4.98 Å². The summed E-state index contributed by atoms with van der Waals surface area (Å²) in [6.45, 7) is 2.02. The maximum absolute atomic E-state index is 11.9. The number of para-hydroxylation sites is 1. The maximum Gasteiger partial charge on any atom is 0.341 e. The van der Waals surface area contributed by atoms with Crippen molar-refractivity contribution < 1.29 is 14.3 Å². The molecule has 0 aliphatic rings. The van der Waals surface area contributed by atoms with Crippen LogP contribution < -0.4 is 4.74 Å². The van der Waals surface area contributed by atoms with E-state index in [1.54, 1.807) is 19.1 Å². The Hall–Kier alpha value is -2.59. The largest absolute Gasteiger partial charge is 0.462 e. The number of fused-ring (bicyclic) bond motifs is 1. The average Bonchev–Trinajstić information content (AvgIpc) is 2.57. The smallest absolute Gasteiger partial charge is 0.341 e. The van der Waals surface area contributed by atoms with Crippen molar-refractivity contribution in [2.24, 2.45) is 0 Å². The summed E-state index contributed by atoms with van der Waals surface area (Å²) >= 11 is 6.35. The Bertz CT molecular complexity index is 850. The summed E-state index contributed by atoms with van der Waals surface area (Å²) in [5, 5.41) is 0.956. The van der Waals surface area contributed by atoms with Crippen LogP contribution in [0.5, 0.6) is 11.5 Å². The molecule has 0 amide bonds. The van der Waals surface area contributed by atoms with E-state index in [9.17, 15) is 4.79 Å². The van der Waals surface area contributed by atoms with Gasteiger partial charge in [0.1, 0.15) is 11.5 Å². The summed E-state index contributed by atoms with van der Waals surface area (Å²) in [4.78, 5) is 16.2. The summed E-state index contributed by atoms with van der Waals surface area (Å²) in [5.74, 6) is 0.854. The fourth-order valence-electron chi connectivity index (χ4n) is 2.18. The van der Waals surface area contributed by atoms with Gasteiger partial charge in [-0.3, -0.25) is 4.98 Å². The Morgan fingerprint density at radius 3 is 2.65 bits per heavy atom. The Kier molecular flexibility index (Phi) is 4.44. The molecule has 0 atom stereocenters. The standard InChI is InChI=1S/C18H14ClNO3/c1-2-22-18(21)15-11-20-16-9-8-13(10-14(16)17(15)19)23-12-6-4-3-5-7-12/h3-11H,2H2,1H3. The van der Waals surface area contributed by atoms with Gasteiger partial charge in [-0.2, -0.15) is 0 Å². The zero-order chi connectivity index (χ0) is 16.2. The number of benzene rings is 2. The van der Waals surface area contributed by atoms with Gasteiger partial charge < -0.3 is 9.47 Å². The van der Waals surface area contributed by atoms with Gasteiger partial charge in [0.15, 0.2) is 0 Å². The van der Waals surface area contributed by atoms with Crippen LogP contribution in [0.15, 0.2) is 54.7 Å². The summed E-state index contributed by atoms with van der Waals surface area (Å²) in [5.41, 5.74) is 0.932. The van der Waals surface area contributed by atoms with Crippen molar-refractivity contribution >= 4 is 28.5 Å². The zero-order valence-corrected chi connectivity index (χ0v) is 13.2. The fraction of sp³-hybridized carbons (Fsp3) is 0.111. The van der Waals surface area contributed by atoms with Crippen molar-refractivity contribution in [3.05, 3.63) is 65.3 Å². The summed E-state index contributed by atoms with van der Waals surface area (Å²) in [6.07, 6.45) is 1.43. The predicted molar refractivity (Wildman–Crippen MR) is 89.2 cm³/mol. The van der Waals surface area contributed by atoms with Crippen LogP contribution in [0.4, 0.5) is 0 Å². The number of hydrogen-bond donors (Lipinski definition) is 0. The second kappa shape index (κ2) is 6.67. The van der Waals surface area contributed by atoms with Gasteiger partial charge >= 0.3 is 5.97 Å². The number of carbonyl (C=O) groups excluding carboxylic acids is 1. The molecule has 4 nitrogen and oxygen atoms in total. The number of aromatic nitrogens is 1. The Balaban J connectivity index is 2.00. The zero-order valence-electron chi connectivity index (χ0n) is 12.5. The van der Waals surface area contributed by atoms with E-state index in [4.69, 9.17) is 21.1 Å². The van der Waals surface area contributed by atoms with Gasteiger partial charge in [0, 0.05) is 11.6 Å². The van der Waals surface area contributed by atoms with E-state index in [1.165, 1.54) is 6.20 Å². The number of halogens is 1. The van der Waals surface area contributed by atoms with Crippen molar-refractivity contribution in [1.82, 2.24) is 4.98 Å². The second-order valence-corrected chi connectivity index (χ2v) is 5.18. The highest BCUT2D eigenvalue weighted by Gasteiger charge is 2.15. The van der Waals surface area contributed by atoms with Crippen molar-refractivity contribution in [1.29, 1.82) is 0 Å². The monoisotopic (exact) mass is 327 g/mol. The quantitative estimate of drug-likeness (QED) is 0.642. The van der Waals surface area contributed by atoms with Crippen LogP contribution in [0.2, 0.25) is 5.02 Å². The highest BCUT2D eigenvalue weighted by Crippen LogP contribution is 2.31. The molecule has 3 rings (SSSR count). The van der Waals surface area contributed by atoms with E-state index < -0.39 is 5.97 Å². The van der Waals surface area contributed by atoms with Gasteiger partial charge in [0.05, 0.1) is 22.7 Å². The predicted octanol–water partition coefficient (Wildman–Crippen LogP) is 4.86. The molecule has 0 aliphatic heterocycles. The Labute approximate surface area is 138 Å². The summed E-state index contributed by atoms with van der Waals surface area (Å²) < 4.78 is 10.8. The molecule has 0 unspecified atom stereocenters. The van der Waals surface area contributed by atoms with E-state index in [0.717, 1.165) is 5.75 Å². The molecule has 2 aromatic carbocycles. The first-order valence-corrected chi connectivity index (χ1v) is 7.55. The van der Waals surface area contributed by atoms with Crippen molar-refractivity contribution in [3.63, 3.8) is 0 Å². The van der Waals surface area contributed by atoms with Gasteiger partial charge in [-0.1, -0.05) is 29.8 Å². The molecule has 1 aromatic heterocycles. The van der Waals surface area contributed by atoms with Crippen LogP contribution in [0, 0.1) is 0 Å². The third kappa shape index (κ3) is 3.27. The lowest BCUT2D eigenvalue weighted by atomic mass is 10.1. The van der Waals surface area contributed by atoms with Crippen LogP contribution in [0.25, 0.3) is 10.9 Å². The number of esters is 1.